The number of aliphatic imine (C=N–C) groups is 1. The van der Waals surface area contributed by atoms with Crippen LogP contribution in [0, 0.1) is 0 Å². The Morgan fingerprint density at radius 2 is 1.39 bits per heavy atom. The van der Waals surface area contributed by atoms with Crippen LogP contribution < -0.4 is 4.74 Å². The summed E-state index contributed by atoms with van der Waals surface area (Å²) in [6, 6.07) is 21.2. The van der Waals surface area contributed by atoms with Crippen LogP contribution in [0.25, 0.3) is 0 Å². The summed E-state index contributed by atoms with van der Waals surface area (Å²) in [5.74, 6) is 1.27. The van der Waals surface area contributed by atoms with Gasteiger partial charge >= 0.3 is 6.03 Å². The van der Waals surface area contributed by atoms with E-state index in [1.54, 1.807) is 4.90 Å². The third-order valence-corrected chi connectivity index (χ3v) is 9.93. The molecule has 2 heterocycles. The number of benzene rings is 3. The Balaban J connectivity index is 1.55. The first-order valence-electron chi connectivity index (χ1n) is 17.8. The molecule has 0 aliphatic carbocycles. The van der Waals surface area contributed by atoms with Gasteiger partial charge in [0.15, 0.2) is 0 Å². The Bertz CT molecular complexity index is 1670. The van der Waals surface area contributed by atoms with Crippen LogP contribution in [0.5, 0.6) is 5.75 Å². The standard InChI is InChI=1S/C40H51Cl2N5O4/c1-7-51-35-26-31(39(2,3)4)12-17-34(35)37(43-40(5,6)30-10-15-33(42)16-11-30)47(27-29-8-13-32(41)14-9-29)38(49)46-20-18-44(19-21-46)28-36(48)45-22-24-50-25-23-45/h8-17,26H,7,18-25,27-28H2,1-6H3. The van der Waals surface area contributed by atoms with Gasteiger partial charge in [0.25, 0.3) is 0 Å². The van der Waals surface area contributed by atoms with Crippen molar-refractivity contribution in [3.63, 3.8) is 0 Å². The number of carbonyl (C=O) groups is 2. The molecule has 2 fully saturated rings. The van der Waals surface area contributed by atoms with Crippen LogP contribution in [0.15, 0.2) is 71.7 Å². The summed E-state index contributed by atoms with van der Waals surface area (Å²) in [7, 11) is 0. The molecule has 0 spiro atoms. The third kappa shape index (κ3) is 10.0. The average molecular weight is 737 g/mol. The number of rotatable bonds is 9. The van der Waals surface area contributed by atoms with Crippen LogP contribution in [-0.4, -0.2) is 103 Å². The van der Waals surface area contributed by atoms with E-state index < -0.39 is 5.54 Å². The number of piperazine rings is 1. The summed E-state index contributed by atoms with van der Waals surface area (Å²) >= 11 is 12.6. The van der Waals surface area contributed by atoms with E-state index in [4.69, 9.17) is 37.7 Å². The minimum atomic E-state index is -0.747. The predicted molar refractivity (Wildman–Crippen MR) is 205 cm³/mol. The molecule has 0 atom stereocenters. The number of urea groups is 1. The molecular formula is C40H51Cl2N5O4. The summed E-state index contributed by atoms with van der Waals surface area (Å²) in [5.41, 5.74) is 2.83. The number of ether oxygens (including phenoxy) is 2. The second kappa shape index (κ2) is 16.8. The largest absolute Gasteiger partial charge is 0.493 e. The molecule has 2 aliphatic heterocycles. The van der Waals surface area contributed by atoms with Crippen molar-refractivity contribution in [2.45, 2.75) is 59.0 Å². The maximum Gasteiger partial charge on any atom is 0.326 e. The topological polar surface area (TPSA) is 77.9 Å². The zero-order valence-corrected chi connectivity index (χ0v) is 32.3. The SMILES string of the molecule is CCOc1cc(C(C)(C)C)ccc1C(=NC(C)(C)c1ccc(Cl)cc1)N(Cc1ccc(Cl)cc1)C(=O)N1CCN(CC(=O)N2CCOCC2)CC1. The second-order valence-corrected chi connectivity index (χ2v) is 15.5. The van der Waals surface area contributed by atoms with Gasteiger partial charge in [0.1, 0.15) is 11.6 Å². The number of hydrogen-bond acceptors (Lipinski definition) is 6. The van der Waals surface area contributed by atoms with Crippen molar-refractivity contribution in [1.82, 2.24) is 19.6 Å². The van der Waals surface area contributed by atoms with Crippen LogP contribution >= 0.6 is 23.2 Å². The molecule has 0 bridgehead atoms. The molecule has 2 saturated heterocycles. The molecule has 0 N–H and O–H groups in total. The molecule has 51 heavy (non-hydrogen) atoms. The van der Waals surface area contributed by atoms with Gasteiger partial charge in [-0.15, -0.1) is 0 Å². The highest BCUT2D eigenvalue weighted by Gasteiger charge is 2.34. The lowest BCUT2D eigenvalue weighted by Gasteiger charge is -2.39. The molecule has 5 rings (SSSR count). The van der Waals surface area contributed by atoms with E-state index in [0.29, 0.717) is 87.3 Å². The number of hydrogen-bond donors (Lipinski definition) is 0. The molecule has 0 unspecified atom stereocenters. The van der Waals surface area contributed by atoms with Crippen molar-refractivity contribution < 1.29 is 19.1 Å². The van der Waals surface area contributed by atoms with Crippen molar-refractivity contribution in [1.29, 1.82) is 0 Å². The van der Waals surface area contributed by atoms with E-state index >= 15 is 0 Å². The fourth-order valence-electron chi connectivity index (χ4n) is 6.28. The van der Waals surface area contributed by atoms with Crippen LogP contribution in [0.1, 0.15) is 63.8 Å². The summed E-state index contributed by atoms with van der Waals surface area (Å²) in [5, 5.41) is 1.26. The van der Waals surface area contributed by atoms with Gasteiger partial charge < -0.3 is 19.3 Å². The predicted octanol–water partition coefficient (Wildman–Crippen LogP) is 7.47. The van der Waals surface area contributed by atoms with Crippen molar-refractivity contribution in [3.05, 3.63) is 99.0 Å². The smallest absolute Gasteiger partial charge is 0.326 e. The number of morpholine rings is 1. The molecule has 0 saturated carbocycles. The number of amides is 3. The van der Waals surface area contributed by atoms with Crippen molar-refractivity contribution >= 4 is 41.0 Å². The Morgan fingerprint density at radius 3 is 1.98 bits per heavy atom. The van der Waals surface area contributed by atoms with Crippen molar-refractivity contribution in [3.8, 4) is 5.75 Å². The van der Waals surface area contributed by atoms with E-state index in [1.807, 2.05) is 85.2 Å². The molecule has 0 aromatic heterocycles. The monoisotopic (exact) mass is 735 g/mol. The lowest BCUT2D eigenvalue weighted by molar-refractivity contribution is -0.136. The fourth-order valence-corrected chi connectivity index (χ4v) is 6.53. The molecule has 274 valence electrons. The first-order chi connectivity index (χ1) is 24.2. The Hall–Kier alpha value is -3.63. The molecule has 3 aromatic rings. The van der Waals surface area contributed by atoms with Gasteiger partial charge in [0.2, 0.25) is 5.91 Å². The van der Waals surface area contributed by atoms with E-state index in [9.17, 15) is 9.59 Å². The highest BCUT2D eigenvalue weighted by atomic mass is 35.5. The van der Waals surface area contributed by atoms with Crippen molar-refractivity contribution in [2.75, 3.05) is 65.6 Å². The minimum absolute atomic E-state index is 0.100. The van der Waals surface area contributed by atoms with Gasteiger partial charge in [-0.2, -0.15) is 0 Å². The molecule has 3 aromatic carbocycles. The first kappa shape index (κ1) is 38.6. The molecule has 9 nitrogen and oxygen atoms in total. The number of nitrogens with zero attached hydrogens (tertiary/aromatic N) is 5. The first-order valence-corrected chi connectivity index (χ1v) is 18.5. The zero-order chi connectivity index (χ0) is 36.8. The number of carbonyl (C=O) groups excluding carboxylic acids is 2. The zero-order valence-electron chi connectivity index (χ0n) is 30.8. The van der Waals surface area contributed by atoms with Gasteiger partial charge in [0.05, 0.1) is 44.0 Å². The quantitative estimate of drug-likeness (QED) is 0.168. The summed E-state index contributed by atoms with van der Waals surface area (Å²) in [6.45, 7) is 18.1. The van der Waals surface area contributed by atoms with Crippen LogP contribution in [0.3, 0.4) is 0 Å². The maximum absolute atomic E-state index is 14.9. The normalized spacial score (nSPS) is 16.3. The fraction of sp³-hybridized carbons (Fsp3) is 0.475. The summed E-state index contributed by atoms with van der Waals surface area (Å²) < 4.78 is 11.7. The number of halogens is 2. The van der Waals surface area contributed by atoms with Crippen molar-refractivity contribution in [2.24, 2.45) is 4.99 Å². The maximum atomic E-state index is 14.9. The summed E-state index contributed by atoms with van der Waals surface area (Å²) in [4.78, 5) is 40.9. The lowest BCUT2D eigenvalue weighted by Crippen LogP contribution is -2.56. The molecule has 3 amide bonds. The minimum Gasteiger partial charge on any atom is -0.493 e. The third-order valence-electron chi connectivity index (χ3n) is 9.43. The van der Waals surface area contributed by atoms with Gasteiger partial charge in [0, 0.05) is 49.3 Å². The molecule has 0 radical (unpaired) electrons. The van der Waals surface area contributed by atoms with Crippen LogP contribution in [0.4, 0.5) is 4.79 Å². The Kier molecular flexibility index (Phi) is 12.7. The summed E-state index contributed by atoms with van der Waals surface area (Å²) in [6.07, 6.45) is 0. The number of amidine groups is 1. The van der Waals surface area contributed by atoms with Crippen LogP contribution in [0.2, 0.25) is 10.0 Å². The molecule has 2 aliphatic rings. The van der Waals surface area contributed by atoms with Crippen LogP contribution in [-0.2, 0) is 27.0 Å². The highest BCUT2D eigenvalue weighted by molar-refractivity contribution is 6.30. The van der Waals surface area contributed by atoms with Gasteiger partial charge in [-0.3, -0.25) is 19.6 Å². The lowest BCUT2D eigenvalue weighted by atomic mass is 9.86. The van der Waals surface area contributed by atoms with E-state index in [1.165, 1.54) is 0 Å². The second-order valence-electron chi connectivity index (χ2n) is 14.6. The van der Waals surface area contributed by atoms with Gasteiger partial charge in [-0.05, 0) is 79.3 Å². The Morgan fingerprint density at radius 1 is 0.804 bits per heavy atom. The van der Waals surface area contributed by atoms with E-state index in [2.05, 4.69) is 37.8 Å². The van der Waals surface area contributed by atoms with Gasteiger partial charge in [-0.25, -0.2) is 4.79 Å². The van der Waals surface area contributed by atoms with E-state index in [0.717, 1.165) is 22.3 Å². The average Bonchev–Trinajstić information content (AvgIpc) is 3.11. The molecule has 11 heteroatoms. The van der Waals surface area contributed by atoms with E-state index in [-0.39, 0.29) is 23.9 Å². The van der Waals surface area contributed by atoms with Gasteiger partial charge in [-0.1, -0.05) is 74.3 Å². The Labute approximate surface area is 313 Å². The molecular weight excluding hydrogens is 685 g/mol. The highest BCUT2D eigenvalue weighted by Crippen LogP contribution is 2.34.